The number of likely N-dealkylation sites (N-methyl/N-ethyl adjacent to an activating group) is 1. The molecule has 0 aliphatic rings. The molecule has 4 heteroatoms. The molecule has 0 radical (unpaired) electrons. The first kappa shape index (κ1) is 14.7. The Kier molecular flexibility index (Phi) is 4.90. The Hall–Kier alpha value is -1.68. The van der Waals surface area contributed by atoms with E-state index in [4.69, 9.17) is 0 Å². The maximum Gasteiger partial charge on any atom is 0.138 e. The molecule has 0 saturated carbocycles. The van der Waals surface area contributed by atoms with Gasteiger partial charge in [0.25, 0.3) is 0 Å². The Morgan fingerprint density at radius 3 is 2.80 bits per heavy atom. The monoisotopic (exact) mass is 272 g/mol. The smallest absolute Gasteiger partial charge is 0.138 e. The van der Waals surface area contributed by atoms with Crippen LogP contribution in [-0.2, 0) is 13.0 Å². The highest BCUT2D eigenvalue weighted by Gasteiger charge is 2.16. The molecule has 0 bridgehead atoms. The quantitative estimate of drug-likeness (QED) is 0.879. The Balaban J connectivity index is 2.24. The molecule has 1 N–H and O–H groups in total. The molecule has 1 atom stereocenters. The fourth-order valence-corrected chi connectivity index (χ4v) is 2.55. The minimum absolute atomic E-state index is 0.273. The zero-order valence-electron chi connectivity index (χ0n) is 12.8. The van der Waals surface area contributed by atoms with E-state index in [2.05, 4.69) is 54.4 Å². The van der Waals surface area contributed by atoms with Crippen LogP contribution in [-0.4, -0.2) is 21.8 Å². The molecule has 0 saturated heterocycles. The van der Waals surface area contributed by atoms with Crippen molar-refractivity contribution < 1.29 is 0 Å². The van der Waals surface area contributed by atoms with Crippen molar-refractivity contribution in [3.63, 3.8) is 0 Å². The second-order valence-corrected chi connectivity index (χ2v) is 5.23. The SMILES string of the molecule is CCCn1ncnc1CC(NC)c1cccc(C)c1C. The van der Waals surface area contributed by atoms with Crippen LogP contribution in [0.4, 0.5) is 0 Å². The molecule has 1 aromatic carbocycles. The summed E-state index contributed by atoms with van der Waals surface area (Å²) < 4.78 is 2.01. The van der Waals surface area contributed by atoms with Gasteiger partial charge in [-0.2, -0.15) is 5.10 Å². The summed E-state index contributed by atoms with van der Waals surface area (Å²) in [6.45, 7) is 7.43. The average Bonchev–Trinajstić information content (AvgIpc) is 2.87. The molecule has 2 rings (SSSR count). The van der Waals surface area contributed by atoms with E-state index in [0.29, 0.717) is 0 Å². The van der Waals surface area contributed by atoms with Gasteiger partial charge >= 0.3 is 0 Å². The summed E-state index contributed by atoms with van der Waals surface area (Å²) in [5.41, 5.74) is 4.03. The van der Waals surface area contributed by atoms with Gasteiger partial charge in [0.2, 0.25) is 0 Å². The summed E-state index contributed by atoms with van der Waals surface area (Å²) in [5.74, 6) is 1.05. The van der Waals surface area contributed by atoms with Gasteiger partial charge in [0.1, 0.15) is 12.2 Å². The van der Waals surface area contributed by atoms with Crippen LogP contribution in [0.25, 0.3) is 0 Å². The van der Waals surface area contributed by atoms with Gasteiger partial charge in [0.05, 0.1) is 0 Å². The van der Waals surface area contributed by atoms with Crippen molar-refractivity contribution in [2.75, 3.05) is 7.05 Å². The highest BCUT2D eigenvalue weighted by atomic mass is 15.3. The molecule has 1 heterocycles. The van der Waals surface area contributed by atoms with Gasteiger partial charge in [-0.05, 0) is 44.0 Å². The Morgan fingerprint density at radius 2 is 2.10 bits per heavy atom. The molecular weight excluding hydrogens is 248 g/mol. The normalized spacial score (nSPS) is 12.6. The van der Waals surface area contributed by atoms with Crippen molar-refractivity contribution in [3.8, 4) is 0 Å². The first-order valence-corrected chi connectivity index (χ1v) is 7.27. The third-order valence-corrected chi connectivity index (χ3v) is 3.89. The third-order valence-electron chi connectivity index (χ3n) is 3.89. The number of hydrogen-bond donors (Lipinski definition) is 1. The van der Waals surface area contributed by atoms with Crippen LogP contribution in [0.15, 0.2) is 24.5 Å². The van der Waals surface area contributed by atoms with E-state index in [1.165, 1.54) is 16.7 Å². The van der Waals surface area contributed by atoms with Gasteiger partial charge in [-0.3, -0.25) is 4.68 Å². The van der Waals surface area contributed by atoms with Gasteiger partial charge in [-0.1, -0.05) is 25.1 Å². The molecule has 0 spiro atoms. The van der Waals surface area contributed by atoms with E-state index >= 15 is 0 Å². The lowest BCUT2D eigenvalue weighted by molar-refractivity contribution is 0.515. The number of hydrogen-bond acceptors (Lipinski definition) is 3. The van der Waals surface area contributed by atoms with Crippen molar-refractivity contribution in [3.05, 3.63) is 47.0 Å². The fourth-order valence-electron chi connectivity index (χ4n) is 2.55. The first-order chi connectivity index (χ1) is 9.67. The van der Waals surface area contributed by atoms with E-state index in [9.17, 15) is 0 Å². The summed E-state index contributed by atoms with van der Waals surface area (Å²) in [4.78, 5) is 4.41. The predicted molar refractivity (Wildman–Crippen MR) is 81.7 cm³/mol. The van der Waals surface area contributed by atoms with Gasteiger partial charge in [0.15, 0.2) is 0 Å². The molecule has 0 amide bonds. The largest absolute Gasteiger partial charge is 0.313 e. The minimum atomic E-state index is 0.273. The molecule has 0 fully saturated rings. The second-order valence-electron chi connectivity index (χ2n) is 5.23. The number of aryl methyl sites for hydroxylation is 2. The predicted octanol–water partition coefficient (Wildman–Crippen LogP) is 2.81. The molecule has 1 aromatic heterocycles. The lowest BCUT2D eigenvalue weighted by Gasteiger charge is -2.20. The van der Waals surface area contributed by atoms with Crippen molar-refractivity contribution in [2.45, 2.75) is 46.2 Å². The van der Waals surface area contributed by atoms with E-state index in [1.54, 1.807) is 6.33 Å². The Bertz CT molecular complexity index is 559. The second kappa shape index (κ2) is 6.66. The van der Waals surface area contributed by atoms with Crippen LogP contribution >= 0.6 is 0 Å². The zero-order chi connectivity index (χ0) is 14.5. The molecular formula is C16H24N4. The van der Waals surface area contributed by atoms with Crippen LogP contribution in [0.5, 0.6) is 0 Å². The van der Waals surface area contributed by atoms with Crippen molar-refractivity contribution in [1.29, 1.82) is 0 Å². The molecule has 0 aliphatic carbocycles. The summed E-state index contributed by atoms with van der Waals surface area (Å²) in [5, 5.41) is 7.72. The topological polar surface area (TPSA) is 42.7 Å². The molecule has 108 valence electrons. The molecule has 2 aromatic rings. The van der Waals surface area contributed by atoms with Crippen LogP contribution in [0.1, 0.15) is 41.9 Å². The van der Waals surface area contributed by atoms with E-state index in [-0.39, 0.29) is 6.04 Å². The maximum atomic E-state index is 4.41. The van der Waals surface area contributed by atoms with E-state index in [1.807, 2.05) is 11.7 Å². The molecule has 4 nitrogen and oxygen atoms in total. The molecule has 0 aliphatic heterocycles. The standard InChI is InChI=1S/C16H24N4/c1-5-9-20-16(18-11-19-20)10-15(17-4)14-8-6-7-12(2)13(14)3/h6-8,11,15,17H,5,9-10H2,1-4H3. The number of nitrogens with zero attached hydrogens (tertiary/aromatic N) is 3. The van der Waals surface area contributed by atoms with Crippen LogP contribution in [0.3, 0.4) is 0 Å². The van der Waals surface area contributed by atoms with Crippen molar-refractivity contribution in [1.82, 2.24) is 20.1 Å². The fraction of sp³-hybridized carbons (Fsp3) is 0.500. The highest BCUT2D eigenvalue weighted by molar-refractivity contribution is 5.35. The highest BCUT2D eigenvalue weighted by Crippen LogP contribution is 2.23. The summed E-state index contributed by atoms with van der Waals surface area (Å²) >= 11 is 0. The third kappa shape index (κ3) is 3.07. The first-order valence-electron chi connectivity index (χ1n) is 7.27. The maximum absolute atomic E-state index is 4.41. The van der Waals surface area contributed by atoms with Gasteiger partial charge < -0.3 is 5.32 Å². The lowest BCUT2D eigenvalue weighted by Crippen LogP contribution is -2.22. The number of aromatic nitrogens is 3. The minimum Gasteiger partial charge on any atom is -0.313 e. The Labute approximate surface area is 121 Å². The van der Waals surface area contributed by atoms with Gasteiger partial charge in [-0.15, -0.1) is 0 Å². The van der Waals surface area contributed by atoms with Crippen LogP contribution in [0.2, 0.25) is 0 Å². The van der Waals surface area contributed by atoms with Gasteiger partial charge in [0, 0.05) is 19.0 Å². The number of nitrogens with one attached hydrogen (secondary N) is 1. The van der Waals surface area contributed by atoms with E-state index in [0.717, 1.165) is 25.2 Å². The van der Waals surface area contributed by atoms with E-state index < -0.39 is 0 Å². The summed E-state index contributed by atoms with van der Waals surface area (Å²) in [7, 11) is 2.01. The van der Waals surface area contributed by atoms with Gasteiger partial charge in [-0.25, -0.2) is 4.98 Å². The lowest BCUT2D eigenvalue weighted by atomic mass is 9.95. The summed E-state index contributed by atoms with van der Waals surface area (Å²) in [6, 6.07) is 6.75. The average molecular weight is 272 g/mol. The van der Waals surface area contributed by atoms with Crippen LogP contribution < -0.4 is 5.32 Å². The van der Waals surface area contributed by atoms with Crippen molar-refractivity contribution >= 4 is 0 Å². The number of benzene rings is 1. The zero-order valence-corrected chi connectivity index (χ0v) is 12.8. The Morgan fingerprint density at radius 1 is 1.30 bits per heavy atom. The van der Waals surface area contributed by atoms with Crippen LogP contribution in [0, 0.1) is 13.8 Å². The van der Waals surface area contributed by atoms with Crippen molar-refractivity contribution in [2.24, 2.45) is 0 Å². The summed E-state index contributed by atoms with van der Waals surface area (Å²) in [6.07, 6.45) is 3.59. The molecule has 20 heavy (non-hydrogen) atoms. The molecule has 1 unspecified atom stereocenters. The number of rotatable bonds is 6.